The molecule has 0 heteroatoms. The summed E-state index contributed by atoms with van der Waals surface area (Å²) in [7, 11) is 0. The SMILES string of the molecule is C=CC1=C(C=C)c2cc3c(cc2C1)-c1ccccc1C3. The number of hydrogen-bond acceptors (Lipinski definition) is 0. The van der Waals surface area contributed by atoms with Gasteiger partial charge in [-0.15, -0.1) is 0 Å². The minimum Gasteiger partial charge on any atom is -0.0988 e. The predicted molar refractivity (Wildman–Crippen MR) is 85.7 cm³/mol. The van der Waals surface area contributed by atoms with E-state index in [0.717, 1.165) is 12.8 Å². The van der Waals surface area contributed by atoms with Gasteiger partial charge in [0.25, 0.3) is 0 Å². The summed E-state index contributed by atoms with van der Waals surface area (Å²) >= 11 is 0. The maximum absolute atomic E-state index is 3.97. The van der Waals surface area contributed by atoms with Crippen molar-refractivity contribution in [2.45, 2.75) is 12.8 Å². The number of rotatable bonds is 2. The van der Waals surface area contributed by atoms with Crippen LogP contribution in [-0.2, 0) is 12.8 Å². The van der Waals surface area contributed by atoms with Gasteiger partial charge in [-0.1, -0.05) is 49.6 Å². The second-order valence-electron chi connectivity index (χ2n) is 5.52. The molecule has 0 radical (unpaired) electrons. The molecule has 0 amide bonds. The first-order valence-corrected chi connectivity index (χ1v) is 7.04. The first kappa shape index (κ1) is 11.5. The van der Waals surface area contributed by atoms with E-state index in [1.165, 1.54) is 44.5 Å². The monoisotopic (exact) mass is 256 g/mol. The van der Waals surface area contributed by atoms with Gasteiger partial charge in [0, 0.05) is 0 Å². The van der Waals surface area contributed by atoms with E-state index in [1.807, 2.05) is 12.2 Å². The normalized spacial score (nSPS) is 14.8. The summed E-state index contributed by atoms with van der Waals surface area (Å²) in [6, 6.07) is 13.5. The molecule has 0 heterocycles. The third kappa shape index (κ3) is 1.42. The molecule has 20 heavy (non-hydrogen) atoms. The van der Waals surface area contributed by atoms with E-state index >= 15 is 0 Å². The molecule has 0 spiro atoms. The van der Waals surface area contributed by atoms with Crippen LogP contribution in [0.3, 0.4) is 0 Å². The molecule has 0 N–H and O–H groups in total. The summed E-state index contributed by atoms with van der Waals surface area (Å²) in [5.74, 6) is 0. The summed E-state index contributed by atoms with van der Waals surface area (Å²) in [5.41, 5.74) is 11.0. The van der Waals surface area contributed by atoms with E-state index in [-0.39, 0.29) is 0 Å². The second-order valence-corrected chi connectivity index (χ2v) is 5.52. The van der Waals surface area contributed by atoms with Gasteiger partial charge in [0.05, 0.1) is 0 Å². The van der Waals surface area contributed by atoms with Crippen LogP contribution in [0.1, 0.15) is 22.3 Å². The van der Waals surface area contributed by atoms with Crippen LogP contribution in [0.15, 0.2) is 67.3 Å². The Morgan fingerprint density at radius 2 is 1.50 bits per heavy atom. The van der Waals surface area contributed by atoms with Crippen LogP contribution >= 0.6 is 0 Å². The molecule has 2 aromatic rings. The second kappa shape index (κ2) is 4.08. The smallest absolute Gasteiger partial charge is 0.00132 e. The van der Waals surface area contributed by atoms with Gasteiger partial charge in [-0.05, 0) is 69.5 Å². The molecule has 0 aliphatic heterocycles. The van der Waals surface area contributed by atoms with E-state index in [4.69, 9.17) is 0 Å². The molecule has 0 aromatic heterocycles. The number of allylic oxidation sites excluding steroid dienone is 4. The Balaban J connectivity index is 1.92. The van der Waals surface area contributed by atoms with Gasteiger partial charge in [-0.25, -0.2) is 0 Å². The van der Waals surface area contributed by atoms with E-state index in [9.17, 15) is 0 Å². The first-order valence-electron chi connectivity index (χ1n) is 7.04. The zero-order chi connectivity index (χ0) is 13.7. The number of fused-ring (bicyclic) bond motifs is 4. The van der Waals surface area contributed by atoms with Crippen LogP contribution in [0.5, 0.6) is 0 Å². The van der Waals surface area contributed by atoms with Gasteiger partial charge in [0.1, 0.15) is 0 Å². The van der Waals surface area contributed by atoms with Gasteiger partial charge >= 0.3 is 0 Å². The minimum absolute atomic E-state index is 0.982. The molecule has 0 saturated heterocycles. The van der Waals surface area contributed by atoms with E-state index in [2.05, 4.69) is 49.6 Å². The van der Waals surface area contributed by atoms with Crippen molar-refractivity contribution in [1.29, 1.82) is 0 Å². The molecule has 2 aliphatic rings. The molecule has 4 rings (SSSR count). The van der Waals surface area contributed by atoms with Crippen LogP contribution < -0.4 is 0 Å². The van der Waals surface area contributed by atoms with Crippen molar-refractivity contribution in [3.63, 3.8) is 0 Å². The van der Waals surface area contributed by atoms with Gasteiger partial charge < -0.3 is 0 Å². The van der Waals surface area contributed by atoms with Crippen molar-refractivity contribution in [1.82, 2.24) is 0 Å². The lowest BCUT2D eigenvalue weighted by molar-refractivity contribution is 1.22. The lowest BCUT2D eigenvalue weighted by atomic mass is 9.97. The Morgan fingerprint density at radius 1 is 0.750 bits per heavy atom. The zero-order valence-electron chi connectivity index (χ0n) is 11.4. The van der Waals surface area contributed by atoms with Gasteiger partial charge in [0.2, 0.25) is 0 Å². The fraction of sp³-hybridized carbons (Fsp3) is 0.100. The lowest BCUT2D eigenvalue weighted by Crippen LogP contribution is -1.88. The molecule has 0 saturated carbocycles. The zero-order valence-corrected chi connectivity index (χ0v) is 11.4. The van der Waals surface area contributed by atoms with Crippen molar-refractivity contribution in [3.8, 4) is 11.1 Å². The minimum atomic E-state index is 0.982. The lowest BCUT2D eigenvalue weighted by Gasteiger charge is -2.07. The first-order chi connectivity index (χ1) is 9.81. The molecular weight excluding hydrogens is 240 g/mol. The van der Waals surface area contributed by atoms with Gasteiger partial charge in [0.15, 0.2) is 0 Å². The van der Waals surface area contributed by atoms with Crippen molar-refractivity contribution < 1.29 is 0 Å². The molecule has 0 fully saturated rings. The fourth-order valence-corrected chi connectivity index (χ4v) is 3.52. The highest BCUT2D eigenvalue weighted by molar-refractivity contribution is 5.88. The van der Waals surface area contributed by atoms with Crippen LogP contribution in [0, 0.1) is 0 Å². The third-order valence-corrected chi connectivity index (χ3v) is 4.49. The maximum atomic E-state index is 3.97. The average molecular weight is 256 g/mol. The predicted octanol–water partition coefficient (Wildman–Crippen LogP) is 4.94. The summed E-state index contributed by atoms with van der Waals surface area (Å²) in [4.78, 5) is 0. The summed E-state index contributed by atoms with van der Waals surface area (Å²) in [6.07, 6.45) is 5.97. The highest BCUT2D eigenvalue weighted by Gasteiger charge is 2.24. The quantitative estimate of drug-likeness (QED) is 0.609. The Kier molecular flexibility index (Phi) is 2.34. The molecule has 0 atom stereocenters. The summed E-state index contributed by atoms with van der Waals surface area (Å²) in [6.45, 7) is 7.90. The number of hydrogen-bond donors (Lipinski definition) is 0. The van der Waals surface area contributed by atoms with Crippen molar-refractivity contribution in [2.24, 2.45) is 0 Å². The van der Waals surface area contributed by atoms with E-state index in [0.29, 0.717) is 0 Å². The Bertz CT molecular complexity index is 788. The highest BCUT2D eigenvalue weighted by atomic mass is 14.3. The fourth-order valence-electron chi connectivity index (χ4n) is 3.52. The number of benzene rings is 2. The molecule has 2 aromatic carbocycles. The molecule has 0 bridgehead atoms. The van der Waals surface area contributed by atoms with E-state index in [1.54, 1.807) is 0 Å². The standard InChI is InChI=1S/C20H16/c1-3-13-9-15-12-20-16(11-19(15)17(13)4-2)10-14-7-5-6-8-18(14)20/h3-8,11-12H,1-2,9-10H2. The maximum Gasteiger partial charge on any atom is -0.00132 e. The van der Waals surface area contributed by atoms with Crippen LogP contribution in [0.25, 0.3) is 16.7 Å². The van der Waals surface area contributed by atoms with Crippen molar-refractivity contribution in [2.75, 3.05) is 0 Å². The van der Waals surface area contributed by atoms with Crippen molar-refractivity contribution >= 4 is 5.57 Å². The summed E-state index contributed by atoms with van der Waals surface area (Å²) in [5, 5.41) is 0. The van der Waals surface area contributed by atoms with Crippen LogP contribution in [0.2, 0.25) is 0 Å². The molecule has 96 valence electrons. The summed E-state index contributed by atoms with van der Waals surface area (Å²) < 4.78 is 0. The van der Waals surface area contributed by atoms with Crippen LogP contribution in [0.4, 0.5) is 0 Å². The van der Waals surface area contributed by atoms with E-state index < -0.39 is 0 Å². The molecular formula is C20H16. The molecule has 2 aliphatic carbocycles. The van der Waals surface area contributed by atoms with Crippen LogP contribution in [-0.4, -0.2) is 0 Å². The van der Waals surface area contributed by atoms with Gasteiger partial charge in [-0.3, -0.25) is 0 Å². The highest BCUT2D eigenvalue weighted by Crippen LogP contribution is 2.43. The largest absolute Gasteiger partial charge is 0.0988 e. The average Bonchev–Trinajstić information content (AvgIpc) is 3.01. The van der Waals surface area contributed by atoms with Crippen molar-refractivity contribution in [3.05, 3.63) is 89.5 Å². The van der Waals surface area contributed by atoms with Gasteiger partial charge in [-0.2, -0.15) is 0 Å². The Morgan fingerprint density at radius 3 is 2.30 bits per heavy atom. The topological polar surface area (TPSA) is 0 Å². The Labute approximate surface area is 119 Å². The molecule has 0 unspecified atom stereocenters. The third-order valence-electron chi connectivity index (χ3n) is 4.49. The molecule has 0 nitrogen and oxygen atoms in total. The Hall–Kier alpha value is -2.34.